The van der Waals surface area contributed by atoms with Gasteiger partial charge in [0.05, 0.1) is 5.25 Å². The predicted octanol–water partition coefficient (Wildman–Crippen LogP) is 2.25. The molecule has 1 aliphatic heterocycles. The molecule has 1 saturated heterocycles. The SMILES string of the molecule is O=C(Cl)C1CCC(CCl)S1. The summed E-state index contributed by atoms with van der Waals surface area (Å²) < 4.78 is 0. The van der Waals surface area contributed by atoms with Crippen LogP contribution in [0.25, 0.3) is 0 Å². The highest BCUT2D eigenvalue weighted by Gasteiger charge is 2.28. The van der Waals surface area contributed by atoms with Crippen LogP contribution in [0.15, 0.2) is 0 Å². The topological polar surface area (TPSA) is 17.1 Å². The van der Waals surface area contributed by atoms with Gasteiger partial charge in [-0.3, -0.25) is 4.79 Å². The average Bonchev–Trinajstić information content (AvgIpc) is 2.34. The third-order valence-electron chi connectivity index (χ3n) is 1.53. The highest BCUT2D eigenvalue weighted by atomic mass is 35.5. The Morgan fingerprint density at radius 3 is 2.60 bits per heavy atom. The van der Waals surface area contributed by atoms with Gasteiger partial charge in [0.25, 0.3) is 0 Å². The fraction of sp³-hybridized carbons (Fsp3) is 0.833. The Morgan fingerprint density at radius 2 is 2.30 bits per heavy atom. The molecule has 0 saturated carbocycles. The van der Waals surface area contributed by atoms with Crippen LogP contribution < -0.4 is 0 Å². The summed E-state index contributed by atoms with van der Waals surface area (Å²) in [5.41, 5.74) is 0. The van der Waals surface area contributed by atoms with E-state index in [0.717, 1.165) is 12.8 Å². The van der Waals surface area contributed by atoms with Crippen molar-refractivity contribution in [2.45, 2.75) is 23.3 Å². The van der Waals surface area contributed by atoms with Crippen molar-refractivity contribution in [3.63, 3.8) is 0 Å². The van der Waals surface area contributed by atoms with Gasteiger partial charge in [0, 0.05) is 11.1 Å². The maximum absolute atomic E-state index is 10.6. The molecule has 0 aromatic rings. The van der Waals surface area contributed by atoms with E-state index in [1.807, 2.05) is 0 Å². The van der Waals surface area contributed by atoms with Crippen molar-refractivity contribution < 1.29 is 4.79 Å². The fourth-order valence-corrected chi connectivity index (χ4v) is 2.81. The van der Waals surface area contributed by atoms with Crippen LogP contribution in [0, 0.1) is 0 Å². The Labute approximate surface area is 74.4 Å². The molecule has 1 nitrogen and oxygen atoms in total. The maximum atomic E-state index is 10.6. The van der Waals surface area contributed by atoms with Crippen molar-refractivity contribution in [2.24, 2.45) is 0 Å². The first-order chi connectivity index (χ1) is 4.74. The van der Waals surface area contributed by atoms with Crippen LogP contribution in [0.3, 0.4) is 0 Å². The van der Waals surface area contributed by atoms with E-state index in [0.29, 0.717) is 11.1 Å². The Hall–Kier alpha value is 0.600. The lowest BCUT2D eigenvalue weighted by Crippen LogP contribution is -2.06. The number of alkyl halides is 1. The van der Waals surface area contributed by atoms with Gasteiger partial charge < -0.3 is 0 Å². The molecule has 0 radical (unpaired) electrons. The molecular formula is C6H8Cl2OS. The first-order valence-electron chi connectivity index (χ1n) is 3.15. The van der Waals surface area contributed by atoms with Gasteiger partial charge in [0.15, 0.2) is 0 Å². The lowest BCUT2D eigenvalue weighted by atomic mass is 10.2. The fourth-order valence-electron chi connectivity index (χ4n) is 0.986. The first-order valence-corrected chi connectivity index (χ1v) is 5.00. The molecule has 58 valence electrons. The van der Waals surface area contributed by atoms with E-state index in [2.05, 4.69) is 0 Å². The van der Waals surface area contributed by atoms with E-state index < -0.39 is 0 Å². The normalized spacial score (nSPS) is 32.6. The summed E-state index contributed by atoms with van der Waals surface area (Å²) in [5, 5.41) is 0.220. The average molecular weight is 199 g/mol. The van der Waals surface area contributed by atoms with Crippen molar-refractivity contribution in [3.8, 4) is 0 Å². The van der Waals surface area contributed by atoms with Gasteiger partial charge in [-0.1, -0.05) is 0 Å². The molecule has 0 bridgehead atoms. The second-order valence-corrected chi connectivity index (χ2v) is 4.47. The highest BCUT2D eigenvalue weighted by molar-refractivity contribution is 8.01. The van der Waals surface area contributed by atoms with E-state index in [4.69, 9.17) is 23.2 Å². The second-order valence-electron chi connectivity index (χ2n) is 2.28. The van der Waals surface area contributed by atoms with Crippen molar-refractivity contribution in [1.82, 2.24) is 0 Å². The smallest absolute Gasteiger partial charge is 0.234 e. The van der Waals surface area contributed by atoms with Gasteiger partial charge in [-0.25, -0.2) is 0 Å². The summed E-state index contributed by atoms with van der Waals surface area (Å²) in [6.07, 6.45) is 1.92. The van der Waals surface area contributed by atoms with Crippen LogP contribution in [0.1, 0.15) is 12.8 Å². The standard InChI is InChI=1S/C6H8Cl2OS/c7-3-4-1-2-5(10-4)6(8)9/h4-5H,1-3H2. The minimum absolute atomic E-state index is 0.00502. The summed E-state index contributed by atoms with van der Waals surface area (Å²) in [6, 6.07) is 0. The van der Waals surface area contributed by atoms with Gasteiger partial charge in [-0.05, 0) is 24.4 Å². The predicted molar refractivity (Wildman–Crippen MR) is 46.0 cm³/mol. The van der Waals surface area contributed by atoms with Crippen LogP contribution in [0.2, 0.25) is 0 Å². The third kappa shape index (κ3) is 2.04. The molecule has 4 heteroatoms. The van der Waals surface area contributed by atoms with E-state index in [-0.39, 0.29) is 10.5 Å². The largest absolute Gasteiger partial charge is 0.280 e. The Balaban J connectivity index is 2.35. The van der Waals surface area contributed by atoms with Gasteiger partial charge in [-0.2, -0.15) is 0 Å². The quantitative estimate of drug-likeness (QED) is 0.501. The van der Waals surface area contributed by atoms with Crippen LogP contribution in [0.5, 0.6) is 0 Å². The number of hydrogen-bond donors (Lipinski definition) is 0. The molecule has 1 rings (SSSR count). The number of rotatable bonds is 2. The van der Waals surface area contributed by atoms with Crippen LogP contribution in [-0.2, 0) is 4.79 Å². The Bertz CT molecular complexity index is 140. The monoisotopic (exact) mass is 198 g/mol. The van der Waals surface area contributed by atoms with E-state index >= 15 is 0 Å². The first kappa shape index (κ1) is 8.69. The van der Waals surface area contributed by atoms with Gasteiger partial charge >= 0.3 is 0 Å². The summed E-state index contributed by atoms with van der Waals surface area (Å²) >= 11 is 12.5. The number of halogens is 2. The summed E-state index contributed by atoms with van der Waals surface area (Å²) in [7, 11) is 0. The van der Waals surface area contributed by atoms with E-state index in [9.17, 15) is 4.79 Å². The molecule has 10 heavy (non-hydrogen) atoms. The summed E-state index contributed by atoms with van der Waals surface area (Å²) in [4.78, 5) is 10.6. The van der Waals surface area contributed by atoms with Gasteiger partial charge in [0.2, 0.25) is 5.24 Å². The molecule has 0 spiro atoms. The molecule has 0 amide bonds. The Kier molecular flexibility index (Phi) is 3.34. The maximum Gasteiger partial charge on any atom is 0.234 e. The lowest BCUT2D eigenvalue weighted by Gasteiger charge is -2.02. The van der Waals surface area contributed by atoms with E-state index in [1.54, 1.807) is 11.8 Å². The number of carbonyl (C=O) groups is 1. The third-order valence-corrected chi connectivity index (χ3v) is 4.05. The summed E-state index contributed by atoms with van der Waals surface area (Å²) in [5.74, 6) is 0.630. The lowest BCUT2D eigenvalue weighted by molar-refractivity contribution is -0.111. The zero-order chi connectivity index (χ0) is 7.56. The van der Waals surface area contributed by atoms with Crippen molar-refractivity contribution in [2.75, 3.05) is 5.88 Å². The number of carbonyl (C=O) groups excluding carboxylic acids is 1. The molecular weight excluding hydrogens is 191 g/mol. The molecule has 0 aromatic heterocycles. The molecule has 0 N–H and O–H groups in total. The number of hydrogen-bond acceptors (Lipinski definition) is 2. The Morgan fingerprint density at radius 1 is 1.60 bits per heavy atom. The molecule has 0 aromatic carbocycles. The molecule has 2 atom stereocenters. The minimum Gasteiger partial charge on any atom is -0.280 e. The molecule has 1 heterocycles. The second kappa shape index (κ2) is 3.84. The molecule has 1 aliphatic rings. The van der Waals surface area contributed by atoms with Crippen LogP contribution in [0.4, 0.5) is 0 Å². The minimum atomic E-state index is -0.224. The zero-order valence-electron chi connectivity index (χ0n) is 5.35. The summed E-state index contributed by atoms with van der Waals surface area (Å²) in [6.45, 7) is 0. The molecule has 1 fully saturated rings. The highest BCUT2D eigenvalue weighted by Crippen LogP contribution is 2.35. The van der Waals surface area contributed by atoms with Crippen molar-refractivity contribution in [1.29, 1.82) is 0 Å². The number of thioether (sulfide) groups is 1. The molecule has 2 unspecified atom stereocenters. The van der Waals surface area contributed by atoms with Crippen LogP contribution >= 0.6 is 35.0 Å². The van der Waals surface area contributed by atoms with Gasteiger partial charge in [-0.15, -0.1) is 23.4 Å². The molecule has 0 aliphatic carbocycles. The van der Waals surface area contributed by atoms with Crippen LogP contribution in [-0.4, -0.2) is 21.6 Å². The van der Waals surface area contributed by atoms with Crippen molar-refractivity contribution in [3.05, 3.63) is 0 Å². The van der Waals surface area contributed by atoms with Gasteiger partial charge in [0.1, 0.15) is 0 Å². The zero-order valence-corrected chi connectivity index (χ0v) is 7.68. The van der Waals surface area contributed by atoms with Crippen molar-refractivity contribution >= 4 is 40.2 Å². The van der Waals surface area contributed by atoms with E-state index in [1.165, 1.54) is 0 Å².